The fourth-order valence-electron chi connectivity index (χ4n) is 2.12. The molecule has 1 aromatic rings. The van der Waals surface area contributed by atoms with Gasteiger partial charge in [-0.15, -0.1) is 0 Å². The van der Waals surface area contributed by atoms with E-state index in [1.807, 2.05) is 12.1 Å². The molecule has 0 saturated carbocycles. The second-order valence-corrected chi connectivity index (χ2v) is 4.90. The maximum atomic E-state index is 8.81. The van der Waals surface area contributed by atoms with Gasteiger partial charge in [0.25, 0.3) is 0 Å². The monoisotopic (exact) mass is 281 g/mol. The molecule has 20 heavy (non-hydrogen) atoms. The molecule has 1 aliphatic rings. The zero-order chi connectivity index (χ0) is 14.2. The first-order valence-corrected chi connectivity index (χ1v) is 7.01. The molecule has 0 aromatic heterocycles. The second-order valence-electron chi connectivity index (χ2n) is 4.90. The van der Waals surface area contributed by atoms with Crippen LogP contribution in [0.1, 0.15) is 5.56 Å². The summed E-state index contributed by atoms with van der Waals surface area (Å²) in [4.78, 5) is 0. The van der Waals surface area contributed by atoms with Crippen LogP contribution in [0.15, 0.2) is 24.3 Å². The topological polar surface area (TPSA) is 60.0 Å². The molecular weight excluding hydrogens is 258 g/mol. The van der Waals surface area contributed by atoms with Gasteiger partial charge in [0.2, 0.25) is 0 Å². The predicted octanol–water partition coefficient (Wildman–Crippen LogP) is 1.20. The lowest BCUT2D eigenvalue weighted by molar-refractivity contribution is -0.102. The lowest BCUT2D eigenvalue weighted by atomic mass is 10.1. The summed E-state index contributed by atoms with van der Waals surface area (Å²) in [5.74, 6) is 0. The van der Waals surface area contributed by atoms with E-state index in [1.165, 1.54) is 5.56 Å². The van der Waals surface area contributed by atoms with Crippen molar-refractivity contribution >= 4 is 5.69 Å². The number of aliphatic hydroxyl groups excluding tert-OH is 1. The van der Waals surface area contributed by atoms with Crippen LogP contribution in [0.3, 0.4) is 0 Å². The van der Waals surface area contributed by atoms with Gasteiger partial charge in [-0.05, 0) is 19.1 Å². The number of ether oxygens (including phenoxy) is 3. The third-order valence-electron chi connectivity index (χ3n) is 3.23. The average molecular weight is 281 g/mol. The SMILES string of the molecule is Cc1ccc(NC(COCCO)C2COCCO2)cc1. The highest BCUT2D eigenvalue weighted by Gasteiger charge is 2.25. The van der Waals surface area contributed by atoms with E-state index in [2.05, 4.69) is 24.4 Å². The van der Waals surface area contributed by atoms with Gasteiger partial charge >= 0.3 is 0 Å². The van der Waals surface area contributed by atoms with Crippen LogP contribution in [0.5, 0.6) is 0 Å². The third kappa shape index (κ3) is 4.76. The highest BCUT2D eigenvalue weighted by Crippen LogP contribution is 2.15. The first-order chi connectivity index (χ1) is 9.79. The predicted molar refractivity (Wildman–Crippen MR) is 77.1 cm³/mol. The van der Waals surface area contributed by atoms with Crippen LogP contribution in [-0.4, -0.2) is 56.9 Å². The molecule has 1 saturated heterocycles. The molecule has 1 aromatic carbocycles. The molecule has 1 fully saturated rings. The normalized spacial score (nSPS) is 20.6. The summed E-state index contributed by atoms with van der Waals surface area (Å²) < 4.78 is 16.6. The van der Waals surface area contributed by atoms with Crippen molar-refractivity contribution in [2.75, 3.05) is 45.0 Å². The summed E-state index contributed by atoms with van der Waals surface area (Å²) in [5.41, 5.74) is 2.25. The summed E-state index contributed by atoms with van der Waals surface area (Å²) >= 11 is 0. The summed E-state index contributed by atoms with van der Waals surface area (Å²) in [6.07, 6.45) is -0.0382. The van der Waals surface area contributed by atoms with E-state index in [-0.39, 0.29) is 18.8 Å². The van der Waals surface area contributed by atoms with E-state index >= 15 is 0 Å². The second kappa shape index (κ2) is 8.21. The zero-order valence-corrected chi connectivity index (χ0v) is 11.9. The number of rotatable bonds is 7. The fourth-order valence-corrected chi connectivity index (χ4v) is 2.12. The summed E-state index contributed by atoms with van der Waals surface area (Å²) in [6, 6.07) is 8.21. The number of aryl methyl sites for hydroxylation is 1. The number of benzene rings is 1. The van der Waals surface area contributed by atoms with Crippen molar-refractivity contribution in [2.45, 2.75) is 19.1 Å². The Balaban J connectivity index is 1.95. The minimum Gasteiger partial charge on any atom is -0.394 e. The van der Waals surface area contributed by atoms with Gasteiger partial charge in [0.05, 0.1) is 45.7 Å². The van der Waals surface area contributed by atoms with Crippen LogP contribution in [0.4, 0.5) is 5.69 Å². The minimum atomic E-state index is -0.0382. The Morgan fingerprint density at radius 3 is 2.80 bits per heavy atom. The fraction of sp³-hybridized carbons (Fsp3) is 0.600. The number of hydrogen-bond donors (Lipinski definition) is 2. The van der Waals surface area contributed by atoms with Gasteiger partial charge in [0.15, 0.2) is 0 Å². The van der Waals surface area contributed by atoms with E-state index in [9.17, 15) is 0 Å². The maximum Gasteiger partial charge on any atom is 0.103 e. The summed E-state index contributed by atoms with van der Waals surface area (Å²) in [6.45, 7) is 4.71. The Bertz CT molecular complexity index is 376. The smallest absolute Gasteiger partial charge is 0.103 e. The lowest BCUT2D eigenvalue weighted by Crippen LogP contribution is -2.45. The van der Waals surface area contributed by atoms with Crippen LogP contribution >= 0.6 is 0 Å². The quantitative estimate of drug-likeness (QED) is 0.735. The first-order valence-electron chi connectivity index (χ1n) is 7.01. The first kappa shape index (κ1) is 15.3. The number of hydrogen-bond acceptors (Lipinski definition) is 5. The van der Waals surface area contributed by atoms with Gasteiger partial charge in [-0.2, -0.15) is 0 Å². The van der Waals surface area contributed by atoms with Crippen molar-refractivity contribution in [3.05, 3.63) is 29.8 Å². The molecular formula is C15H23NO4. The van der Waals surface area contributed by atoms with Crippen LogP contribution in [0.25, 0.3) is 0 Å². The van der Waals surface area contributed by atoms with Crippen molar-refractivity contribution < 1.29 is 19.3 Å². The van der Waals surface area contributed by atoms with Crippen LogP contribution in [0, 0.1) is 6.92 Å². The van der Waals surface area contributed by atoms with E-state index in [0.29, 0.717) is 33.0 Å². The number of anilines is 1. The van der Waals surface area contributed by atoms with Gasteiger partial charge in [-0.25, -0.2) is 0 Å². The molecule has 112 valence electrons. The van der Waals surface area contributed by atoms with E-state index in [4.69, 9.17) is 19.3 Å². The summed E-state index contributed by atoms with van der Waals surface area (Å²) in [7, 11) is 0. The van der Waals surface area contributed by atoms with Gasteiger partial charge < -0.3 is 24.6 Å². The molecule has 1 aliphatic heterocycles. The van der Waals surface area contributed by atoms with Gasteiger partial charge in [0.1, 0.15) is 6.10 Å². The molecule has 0 aliphatic carbocycles. The molecule has 1 heterocycles. The van der Waals surface area contributed by atoms with E-state index in [0.717, 1.165) is 5.69 Å². The van der Waals surface area contributed by atoms with Crippen LogP contribution < -0.4 is 5.32 Å². The molecule has 0 spiro atoms. The highest BCUT2D eigenvalue weighted by atomic mass is 16.6. The largest absolute Gasteiger partial charge is 0.394 e. The maximum absolute atomic E-state index is 8.81. The van der Waals surface area contributed by atoms with Crippen molar-refractivity contribution in [1.29, 1.82) is 0 Å². The van der Waals surface area contributed by atoms with Crippen LogP contribution in [0.2, 0.25) is 0 Å². The Morgan fingerprint density at radius 2 is 2.15 bits per heavy atom. The van der Waals surface area contributed by atoms with E-state index < -0.39 is 0 Å². The van der Waals surface area contributed by atoms with Gasteiger partial charge in [0, 0.05) is 5.69 Å². The molecule has 2 rings (SSSR count). The third-order valence-corrected chi connectivity index (χ3v) is 3.23. The van der Waals surface area contributed by atoms with Crippen LogP contribution in [-0.2, 0) is 14.2 Å². The van der Waals surface area contributed by atoms with Crippen molar-refractivity contribution in [3.63, 3.8) is 0 Å². The Morgan fingerprint density at radius 1 is 1.35 bits per heavy atom. The molecule has 0 radical (unpaired) electrons. The molecule has 2 atom stereocenters. The Kier molecular flexibility index (Phi) is 6.26. The van der Waals surface area contributed by atoms with Gasteiger partial charge in [-0.3, -0.25) is 0 Å². The van der Waals surface area contributed by atoms with Crippen molar-refractivity contribution in [1.82, 2.24) is 0 Å². The summed E-state index contributed by atoms with van der Waals surface area (Å²) in [5, 5.41) is 12.2. The molecule has 0 bridgehead atoms. The van der Waals surface area contributed by atoms with Crippen molar-refractivity contribution in [2.24, 2.45) is 0 Å². The number of aliphatic hydroxyl groups is 1. The zero-order valence-electron chi connectivity index (χ0n) is 11.9. The van der Waals surface area contributed by atoms with Gasteiger partial charge in [-0.1, -0.05) is 17.7 Å². The van der Waals surface area contributed by atoms with E-state index in [1.54, 1.807) is 0 Å². The van der Waals surface area contributed by atoms with Crippen molar-refractivity contribution in [3.8, 4) is 0 Å². The highest BCUT2D eigenvalue weighted by molar-refractivity contribution is 5.45. The molecule has 0 amide bonds. The molecule has 5 heteroatoms. The molecule has 5 nitrogen and oxygen atoms in total. The number of nitrogens with one attached hydrogen (secondary N) is 1. The molecule has 2 N–H and O–H groups in total. The lowest BCUT2D eigenvalue weighted by Gasteiger charge is -2.31. The Labute approximate surface area is 119 Å². The Hall–Kier alpha value is -1.14. The molecule has 2 unspecified atom stereocenters. The standard InChI is InChI=1S/C15H23NO4/c1-12-2-4-13(5-3-12)16-14(10-18-7-6-17)15-11-19-8-9-20-15/h2-5,14-17H,6-11H2,1H3. The average Bonchev–Trinajstić information content (AvgIpc) is 2.49. The minimum absolute atomic E-state index is 0.00422.